The number of hydrogen-bond acceptors (Lipinski definition) is 2. The fourth-order valence-corrected chi connectivity index (χ4v) is 2.45. The molecule has 0 saturated carbocycles. The first kappa shape index (κ1) is 11.6. The van der Waals surface area contributed by atoms with Crippen molar-refractivity contribution >= 4 is 40.1 Å². The van der Waals surface area contributed by atoms with Gasteiger partial charge in [0, 0.05) is 16.4 Å². The second-order valence-electron chi connectivity index (χ2n) is 3.78. The van der Waals surface area contributed by atoms with Crippen LogP contribution in [0.1, 0.15) is 25.7 Å². The fourth-order valence-electron chi connectivity index (χ4n) is 1.82. The van der Waals surface area contributed by atoms with Crippen molar-refractivity contribution in [3.63, 3.8) is 0 Å². The Kier molecular flexibility index (Phi) is 3.58. The molecule has 0 aromatic heterocycles. The lowest BCUT2D eigenvalue weighted by Gasteiger charge is -2.19. The summed E-state index contributed by atoms with van der Waals surface area (Å²) in [5.74, 6) is -0.154. The van der Waals surface area contributed by atoms with Crippen molar-refractivity contribution in [1.82, 2.24) is 0 Å². The van der Waals surface area contributed by atoms with Gasteiger partial charge in [0.15, 0.2) is 0 Å². The Labute approximate surface area is 108 Å². The topological polar surface area (TPSA) is 37.4 Å². The number of hydrogen-bond donors (Lipinski definition) is 0. The molecule has 1 aromatic rings. The highest BCUT2D eigenvalue weighted by molar-refractivity contribution is 14.1. The van der Waals surface area contributed by atoms with Crippen molar-refractivity contribution in [2.24, 2.45) is 0 Å². The van der Waals surface area contributed by atoms with Gasteiger partial charge in [-0.05, 0) is 47.6 Å². The summed E-state index contributed by atoms with van der Waals surface area (Å²) < 4.78 is 0.934. The summed E-state index contributed by atoms with van der Waals surface area (Å²) in [6.07, 6.45) is 2.56. The maximum absolute atomic E-state index is 11.9. The van der Waals surface area contributed by atoms with E-state index in [0.29, 0.717) is 12.8 Å². The van der Waals surface area contributed by atoms with Gasteiger partial charge in [0.25, 0.3) is 0 Å². The van der Waals surface area contributed by atoms with Crippen LogP contribution in [0.25, 0.3) is 0 Å². The number of amides is 2. The van der Waals surface area contributed by atoms with Gasteiger partial charge >= 0.3 is 0 Å². The molecule has 4 heteroatoms. The summed E-state index contributed by atoms with van der Waals surface area (Å²) in [6, 6.07) is 7.48. The third-order valence-corrected chi connectivity index (χ3v) is 3.54. The van der Waals surface area contributed by atoms with E-state index in [4.69, 9.17) is 0 Å². The highest BCUT2D eigenvalue weighted by Gasteiger charge is 2.26. The molecular formula is C12H12INO2. The van der Waals surface area contributed by atoms with Gasteiger partial charge in [-0.25, -0.2) is 4.90 Å². The molecule has 0 radical (unpaired) electrons. The van der Waals surface area contributed by atoms with Crippen molar-refractivity contribution in [3.8, 4) is 0 Å². The molecule has 1 aliphatic heterocycles. The van der Waals surface area contributed by atoms with Crippen LogP contribution < -0.4 is 4.90 Å². The fraction of sp³-hybridized carbons (Fsp3) is 0.333. The van der Waals surface area contributed by atoms with Crippen LogP contribution in [0.2, 0.25) is 0 Å². The summed E-state index contributed by atoms with van der Waals surface area (Å²) in [5, 5.41) is 0. The molecule has 1 aromatic carbocycles. The van der Waals surface area contributed by atoms with Gasteiger partial charge < -0.3 is 0 Å². The van der Waals surface area contributed by atoms with E-state index in [2.05, 4.69) is 22.6 Å². The maximum Gasteiger partial charge on any atom is 0.233 e. The third-order valence-electron chi connectivity index (χ3n) is 2.62. The van der Waals surface area contributed by atoms with E-state index in [0.717, 1.165) is 22.1 Å². The summed E-state index contributed by atoms with van der Waals surface area (Å²) in [6.45, 7) is 0. The second-order valence-corrected chi connectivity index (χ2v) is 4.94. The maximum atomic E-state index is 11.9. The zero-order valence-corrected chi connectivity index (χ0v) is 10.9. The standard InChI is InChI=1S/C12H12INO2/c13-9-5-1-2-6-10(9)14-11(15)7-3-4-8-12(14)16/h1-2,5-6H,3-4,7-8H2. The Morgan fingerprint density at radius 1 is 1.00 bits per heavy atom. The number of carbonyl (C=O) groups excluding carboxylic acids is 2. The number of carbonyl (C=O) groups is 2. The Morgan fingerprint density at radius 3 is 2.12 bits per heavy atom. The minimum absolute atomic E-state index is 0.0772. The minimum atomic E-state index is -0.0772. The molecule has 1 aliphatic rings. The molecular weight excluding hydrogens is 317 g/mol. The molecule has 0 aliphatic carbocycles. The molecule has 3 nitrogen and oxygen atoms in total. The summed E-state index contributed by atoms with van der Waals surface area (Å²) in [7, 11) is 0. The lowest BCUT2D eigenvalue weighted by atomic mass is 10.2. The number of benzene rings is 1. The molecule has 0 unspecified atom stereocenters. The quantitative estimate of drug-likeness (QED) is 0.587. The molecule has 1 fully saturated rings. The molecule has 2 amide bonds. The Hall–Kier alpha value is -0.910. The van der Waals surface area contributed by atoms with Crippen LogP contribution in [0.3, 0.4) is 0 Å². The monoisotopic (exact) mass is 329 g/mol. The number of anilines is 1. The third kappa shape index (κ3) is 2.26. The van der Waals surface area contributed by atoms with Gasteiger partial charge in [-0.1, -0.05) is 12.1 Å². The SMILES string of the molecule is O=C1CCCCC(=O)N1c1ccccc1I. The van der Waals surface area contributed by atoms with E-state index >= 15 is 0 Å². The van der Waals surface area contributed by atoms with Crippen molar-refractivity contribution in [3.05, 3.63) is 27.8 Å². The largest absolute Gasteiger partial charge is 0.274 e. The zero-order chi connectivity index (χ0) is 11.5. The first-order chi connectivity index (χ1) is 7.70. The predicted octanol–water partition coefficient (Wildman–Crippen LogP) is 2.72. The molecule has 0 atom stereocenters. The lowest BCUT2D eigenvalue weighted by Crippen LogP contribution is -2.35. The number of para-hydroxylation sites is 1. The number of rotatable bonds is 1. The van der Waals surface area contributed by atoms with E-state index < -0.39 is 0 Å². The summed E-state index contributed by atoms with van der Waals surface area (Å²) in [5.41, 5.74) is 0.722. The molecule has 0 N–H and O–H groups in total. The van der Waals surface area contributed by atoms with Crippen LogP contribution >= 0.6 is 22.6 Å². The average Bonchev–Trinajstić information content (AvgIpc) is 2.42. The van der Waals surface area contributed by atoms with Crippen LogP contribution in [0, 0.1) is 3.57 Å². The molecule has 0 spiro atoms. The molecule has 2 rings (SSSR count). The first-order valence-electron chi connectivity index (χ1n) is 5.30. The molecule has 1 saturated heterocycles. The van der Waals surface area contributed by atoms with Gasteiger partial charge in [0.1, 0.15) is 0 Å². The normalized spacial score (nSPS) is 17.4. The van der Waals surface area contributed by atoms with Gasteiger partial charge in [0.05, 0.1) is 5.69 Å². The molecule has 1 heterocycles. The van der Waals surface area contributed by atoms with Crippen molar-refractivity contribution in [2.75, 3.05) is 4.90 Å². The second kappa shape index (κ2) is 4.95. The van der Waals surface area contributed by atoms with Gasteiger partial charge in [0.2, 0.25) is 11.8 Å². The lowest BCUT2D eigenvalue weighted by molar-refractivity contribution is -0.125. The van der Waals surface area contributed by atoms with E-state index in [1.807, 2.05) is 24.3 Å². The van der Waals surface area contributed by atoms with Crippen molar-refractivity contribution in [1.29, 1.82) is 0 Å². The average molecular weight is 329 g/mol. The highest BCUT2D eigenvalue weighted by atomic mass is 127. The van der Waals surface area contributed by atoms with Crippen molar-refractivity contribution in [2.45, 2.75) is 25.7 Å². The van der Waals surface area contributed by atoms with Gasteiger partial charge in [-0.3, -0.25) is 9.59 Å². The van der Waals surface area contributed by atoms with Crippen LogP contribution in [0.15, 0.2) is 24.3 Å². The smallest absolute Gasteiger partial charge is 0.233 e. The van der Waals surface area contributed by atoms with E-state index in [-0.39, 0.29) is 11.8 Å². The van der Waals surface area contributed by atoms with Crippen LogP contribution in [-0.4, -0.2) is 11.8 Å². The van der Waals surface area contributed by atoms with E-state index in [1.165, 1.54) is 4.90 Å². The van der Waals surface area contributed by atoms with Gasteiger partial charge in [-0.2, -0.15) is 0 Å². The Balaban J connectivity index is 2.40. The molecule has 16 heavy (non-hydrogen) atoms. The Morgan fingerprint density at radius 2 is 1.56 bits per heavy atom. The minimum Gasteiger partial charge on any atom is -0.274 e. The summed E-state index contributed by atoms with van der Waals surface area (Å²) in [4.78, 5) is 25.1. The Bertz CT molecular complexity index is 413. The zero-order valence-electron chi connectivity index (χ0n) is 8.78. The molecule has 84 valence electrons. The van der Waals surface area contributed by atoms with Gasteiger partial charge in [-0.15, -0.1) is 0 Å². The number of imide groups is 1. The van der Waals surface area contributed by atoms with Crippen LogP contribution in [0.4, 0.5) is 5.69 Å². The van der Waals surface area contributed by atoms with Crippen LogP contribution in [-0.2, 0) is 9.59 Å². The summed E-state index contributed by atoms with van der Waals surface area (Å²) >= 11 is 2.15. The highest BCUT2D eigenvalue weighted by Crippen LogP contribution is 2.26. The predicted molar refractivity (Wildman–Crippen MR) is 70.1 cm³/mol. The van der Waals surface area contributed by atoms with E-state index in [1.54, 1.807) is 0 Å². The number of halogens is 1. The van der Waals surface area contributed by atoms with E-state index in [9.17, 15) is 9.59 Å². The number of nitrogens with zero attached hydrogens (tertiary/aromatic N) is 1. The van der Waals surface area contributed by atoms with Crippen LogP contribution in [0.5, 0.6) is 0 Å². The first-order valence-corrected chi connectivity index (χ1v) is 6.38. The van der Waals surface area contributed by atoms with Crippen molar-refractivity contribution < 1.29 is 9.59 Å². The molecule has 0 bridgehead atoms.